The fourth-order valence-corrected chi connectivity index (χ4v) is 7.69. The van der Waals surface area contributed by atoms with Crippen molar-refractivity contribution >= 4 is 63.5 Å². The monoisotopic (exact) mass is 697 g/mol. The van der Waals surface area contributed by atoms with E-state index >= 15 is 0 Å². The number of amides is 3. The summed E-state index contributed by atoms with van der Waals surface area (Å²) in [6.45, 7) is 2.47. The first-order valence-electron chi connectivity index (χ1n) is 16.4. The van der Waals surface area contributed by atoms with E-state index in [0.717, 1.165) is 17.4 Å². The Hall–Kier alpha value is -3.64. The summed E-state index contributed by atoms with van der Waals surface area (Å²) in [5.41, 5.74) is 2.33. The number of likely N-dealkylation sites (N-methyl/N-ethyl adjacent to an activating group) is 1. The Balaban J connectivity index is 1.14. The maximum Gasteiger partial charge on any atom is 0.306 e. The Morgan fingerprint density at radius 1 is 1.02 bits per heavy atom. The first-order chi connectivity index (χ1) is 23.0. The van der Waals surface area contributed by atoms with Gasteiger partial charge in [-0.2, -0.15) is 0 Å². The van der Waals surface area contributed by atoms with Crippen LogP contribution in [0.1, 0.15) is 48.0 Å². The van der Waals surface area contributed by atoms with E-state index in [2.05, 4.69) is 10.2 Å². The number of rotatable bonds is 9. The first-order valence-corrected chi connectivity index (χ1v) is 17.2. The zero-order valence-electron chi connectivity index (χ0n) is 27.2. The molecule has 0 spiro atoms. The molecule has 3 aliphatic rings. The molecule has 3 heterocycles. The highest BCUT2D eigenvalue weighted by molar-refractivity contribution is 6.36. The van der Waals surface area contributed by atoms with Crippen LogP contribution in [0, 0.1) is 5.92 Å². The molecule has 3 fully saturated rings. The van der Waals surface area contributed by atoms with E-state index in [1.165, 1.54) is 0 Å². The minimum atomic E-state index is -0.760. The van der Waals surface area contributed by atoms with Gasteiger partial charge in [-0.05, 0) is 55.9 Å². The second kappa shape index (κ2) is 14.5. The summed E-state index contributed by atoms with van der Waals surface area (Å²) in [7, 11) is 3.68. The topological polar surface area (TPSA) is 124 Å². The molecule has 2 saturated heterocycles. The number of aromatic nitrogens is 1. The molecule has 1 saturated carbocycles. The van der Waals surface area contributed by atoms with Crippen LogP contribution in [0.3, 0.4) is 0 Å². The van der Waals surface area contributed by atoms with Gasteiger partial charge in [-0.1, -0.05) is 41.4 Å². The van der Waals surface area contributed by atoms with Crippen LogP contribution in [0.25, 0.3) is 10.9 Å². The molecule has 11 nitrogen and oxygen atoms in total. The Morgan fingerprint density at radius 2 is 1.77 bits per heavy atom. The summed E-state index contributed by atoms with van der Waals surface area (Å²) < 4.78 is 8.18. The van der Waals surface area contributed by atoms with Crippen LogP contribution in [0.4, 0.5) is 5.69 Å². The lowest BCUT2D eigenvalue weighted by molar-refractivity contribution is -0.144. The minimum Gasteiger partial charge on any atom is -0.481 e. The Kier molecular flexibility index (Phi) is 10.3. The quantitative estimate of drug-likeness (QED) is 0.333. The number of aryl methyl sites for hydroxylation is 1. The average molecular weight is 699 g/mol. The predicted molar refractivity (Wildman–Crippen MR) is 183 cm³/mol. The summed E-state index contributed by atoms with van der Waals surface area (Å²) in [5, 5.41) is 13.6. The molecule has 2 N–H and O–H groups in total. The number of halogens is 2. The number of carbonyl (C=O) groups excluding carboxylic acids is 3. The molecule has 6 rings (SSSR count). The van der Waals surface area contributed by atoms with Gasteiger partial charge in [0.1, 0.15) is 0 Å². The van der Waals surface area contributed by atoms with Gasteiger partial charge in [-0.3, -0.25) is 24.1 Å². The highest BCUT2D eigenvalue weighted by Gasteiger charge is 2.40. The van der Waals surface area contributed by atoms with Crippen molar-refractivity contribution in [1.82, 2.24) is 19.3 Å². The van der Waals surface area contributed by atoms with Crippen molar-refractivity contribution in [3.63, 3.8) is 0 Å². The lowest BCUT2D eigenvalue weighted by Crippen LogP contribution is -2.52. The van der Waals surface area contributed by atoms with Crippen molar-refractivity contribution in [3.05, 3.63) is 63.8 Å². The molecule has 2 aliphatic heterocycles. The van der Waals surface area contributed by atoms with Gasteiger partial charge in [0.2, 0.25) is 11.8 Å². The molecule has 0 bridgehead atoms. The maximum atomic E-state index is 13.9. The number of hydrogen-bond acceptors (Lipinski definition) is 6. The smallest absolute Gasteiger partial charge is 0.306 e. The first kappa shape index (κ1) is 34.2. The summed E-state index contributed by atoms with van der Waals surface area (Å²) in [4.78, 5) is 56.7. The minimum absolute atomic E-state index is 0.00467. The van der Waals surface area contributed by atoms with Gasteiger partial charge in [0.15, 0.2) is 0 Å². The third-order valence-corrected chi connectivity index (χ3v) is 10.8. The van der Waals surface area contributed by atoms with E-state index in [1.807, 2.05) is 40.8 Å². The van der Waals surface area contributed by atoms with E-state index in [9.17, 15) is 24.3 Å². The van der Waals surface area contributed by atoms with E-state index in [0.29, 0.717) is 80.2 Å². The number of likely N-dealkylation sites (tertiary alicyclic amines) is 1. The number of carboxylic acid groups (broad SMARTS) is 1. The van der Waals surface area contributed by atoms with Crippen molar-refractivity contribution in [2.75, 3.05) is 45.2 Å². The molecule has 1 aromatic heterocycles. The van der Waals surface area contributed by atoms with Crippen LogP contribution in [0.15, 0.2) is 42.6 Å². The van der Waals surface area contributed by atoms with Gasteiger partial charge in [-0.25, -0.2) is 0 Å². The molecule has 2 aromatic carbocycles. The van der Waals surface area contributed by atoms with Crippen LogP contribution in [-0.4, -0.2) is 106 Å². The zero-order valence-corrected chi connectivity index (χ0v) is 28.7. The predicted octanol–water partition coefficient (Wildman–Crippen LogP) is 4.68. The van der Waals surface area contributed by atoms with E-state index in [1.54, 1.807) is 30.3 Å². The van der Waals surface area contributed by atoms with Crippen LogP contribution >= 0.6 is 23.2 Å². The van der Waals surface area contributed by atoms with Gasteiger partial charge in [-0.15, -0.1) is 0 Å². The summed E-state index contributed by atoms with van der Waals surface area (Å²) in [6, 6.07) is 10.6. The molecule has 1 aliphatic carbocycles. The molecule has 13 heteroatoms. The zero-order chi connectivity index (χ0) is 34.1. The number of hydrogen-bond donors (Lipinski definition) is 2. The largest absolute Gasteiger partial charge is 0.481 e. The third-order valence-electron chi connectivity index (χ3n) is 10.1. The third kappa shape index (κ3) is 7.34. The summed E-state index contributed by atoms with van der Waals surface area (Å²) >= 11 is 13.3. The fraction of sp³-hybridized carbons (Fsp3) is 0.486. The number of benzene rings is 2. The number of piperazine rings is 1. The normalized spacial score (nSPS) is 23.5. The van der Waals surface area contributed by atoms with Crippen LogP contribution in [0.2, 0.25) is 10.0 Å². The average Bonchev–Trinajstić information content (AvgIpc) is 3.65. The van der Waals surface area contributed by atoms with Gasteiger partial charge in [0, 0.05) is 61.9 Å². The Morgan fingerprint density at radius 3 is 2.50 bits per heavy atom. The molecular formula is C35H41Cl2N5O6. The number of nitrogens with zero attached hydrogens (tertiary/aromatic N) is 4. The lowest BCUT2D eigenvalue weighted by atomic mass is 9.87. The second-order valence-electron chi connectivity index (χ2n) is 13.2. The van der Waals surface area contributed by atoms with Crippen molar-refractivity contribution in [2.24, 2.45) is 13.0 Å². The number of para-hydroxylation sites is 1. The van der Waals surface area contributed by atoms with E-state index in [4.69, 9.17) is 27.9 Å². The van der Waals surface area contributed by atoms with E-state index in [-0.39, 0.29) is 53.3 Å². The van der Waals surface area contributed by atoms with Gasteiger partial charge in [0.25, 0.3) is 5.91 Å². The maximum absolute atomic E-state index is 13.9. The molecule has 3 aromatic rings. The Labute approximate surface area is 289 Å². The highest BCUT2D eigenvalue weighted by Crippen LogP contribution is 2.33. The molecular weight excluding hydrogens is 657 g/mol. The second-order valence-corrected chi connectivity index (χ2v) is 14.1. The van der Waals surface area contributed by atoms with Crippen molar-refractivity contribution in [3.8, 4) is 0 Å². The standard InChI is InChI=1S/C35H41Cl2N5O6/c1-39-11-12-41(19-33(39)44)23-15-24(20-48-25-9-7-21(8-10-25)35(46)47)42(17-23)32(43)14-22-13-29(37)30(16-28(22)36)38-34(45)27-18-40(2)31-6-4-3-5-26(27)31/h3-6,13,16,18,21,23-25H,7-12,14-15,17,19-20H2,1-2H3,(H,38,45)(H,46,47)/t21-,23-,24-,25-/m0/s1. The number of nitrogens with one attached hydrogen (secondary N) is 1. The molecule has 3 amide bonds. The summed E-state index contributed by atoms with van der Waals surface area (Å²) in [5.74, 6) is -1.49. The van der Waals surface area contributed by atoms with Crippen LogP contribution in [-0.2, 0) is 32.6 Å². The SMILES string of the molecule is CN1CCN([C@H]2C[C@@H](CO[C@H]3CC[C@H](C(=O)O)CC3)N(C(=O)Cc3cc(Cl)c(NC(=O)c4cn(C)c5ccccc45)cc3Cl)C2)CC1=O. The van der Waals surface area contributed by atoms with Crippen molar-refractivity contribution in [2.45, 2.75) is 56.7 Å². The van der Waals surface area contributed by atoms with Crippen molar-refractivity contribution in [1.29, 1.82) is 0 Å². The number of anilines is 1. The molecule has 256 valence electrons. The van der Waals surface area contributed by atoms with E-state index < -0.39 is 5.97 Å². The molecule has 0 radical (unpaired) electrons. The van der Waals surface area contributed by atoms with Crippen LogP contribution < -0.4 is 5.32 Å². The van der Waals surface area contributed by atoms with Gasteiger partial charge < -0.3 is 29.5 Å². The number of fused-ring (bicyclic) bond motifs is 1. The Bertz CT molecular complexity index is 1720. The number of aliphatic carboxylic acids is 1. The number of carboxylic acids is 1. The van der Waals surface area contributed by atoms with Crippen LogP contribution in [0.5, 0.6) is 0 Å². The number of carbonyl (C=O) groups is 4. The molecule has 48 heavy (non-hydrogen) atoms. The summed E-state index contributed by atoms with van der Waals surface area (Å²) in [6.07, 6.45) is 4.90. The molecule has 0 unspecified atom stereocenters. The number of ether oxygens (including phenoxy) is 1. The van der Waals surface area contributed by atoms with Gasteiger partial charge >= 0.3 is 5.97 Å². The highest BCUT2D eigenvalue weighted by atomic mass is 35.5. The lowest BCUT2D eigenvalue weighted by Gasteiger charge is -2.35. The van der Waals surface area contributed by atoms with Crippen molar-refractivity contribution < 1.29 is 29.0 Å². The molecule has 2 atom stereocenters. The fourth-order valence-electron chi connectivity index (χ4n) is 7.23. The van der Waals surface area contributed by atoms with Gasteiger partial charge in [0.05, 0.1) is 53.9 Å².